The van der Waals surface area contributed by atoms with Crippen molar-refractivity contribution in [2.45, 2.75) is 25.8 Å². The number of anilines is 1. The maximum Gasteiger partial charge on any atom is 0.326 e. The first-order valence-corrected chi connectivity index (χ1v) is 9.30. The third-order valence-corrected chi connectivity index (χ3v) is 5.52. The molecule has 1 aliphatic heterocycles. The van der Waals surface area contributed by atoms with Crippen molar-refractivity contribution in [3.05, 3.63) is 51.9 Å². The highest BCUT2D eigenvalue weighted by Crippen LogP contribution is 2.29. The Balaban J connectivity index is 1.44. The molecule has 4 heterocycles. The van der Waals surface area contributed by atoms with Crippen LogP contribution in [0, 0.1) is 6.92 Å². The standard InChI is InChI=1S/C18H18ClN7O/c1-11-22-23-17-16(20-6-9-25(11)17)24-7-4-13(5-8-24)26-15-3-2-12(19)10-14(15)21-18(26)27/h2-3,6,9-10,13H,4-5,7-8H2,1H3,(H,21,27). The number of hydrogen-bond acceptors (Lipinski definition) is 5. The minimum absolute atomic E-state index is 0.0842. The minimum Gasteiger partial charge on any atom is -0.353 e. The molecule has 1 aromatic carbocycles. The van der Waals surface area contributed by atoms with Gasteiger partial charge in [-0.3, -0.25) is 8.97 Å². The molecule has 0 radical (unpaired) electrons. The average molecular weight is 384 g/mol. The van der Waals surface area contributed by atoms with Gasteiger partial charge >= 0.3 is 5.69 Å². The summed E-state index contributed by atoms with van der Waals surface area (Å²) in [5.74, 6) is 1.68. The summed E-state index contributed by atoms with van der Waals surface area (Å²) in [6.07, 6.45) is 5.35. The van der Waals surface area contributed by atoms with Crippen molar-refractivity contribution in [1.82, 2.24) is 29.1 Å². The zero-order valence-corrected chi connectivity index (χ0v) is 15.5. The summed E-state index contributed by atoms with van der Waals surface area (Å²) < 4.78 is 3.81. The third kappa shape index (κ3) is 2.59. The lowest BCUT2D eigenvalue weighted by molar-refractivity contribution is 0.395. The van der Waals surface area contributed by atoms with E-state index < -0.39 is 0 Å². The van der Waals surface area contributed by atoms with E-state index in [9.17, 15) is 4.79 Å². The molecule has 1 fully saturated rings. The molecule has 5 rings (SSSR count). The van der Waals surface area contributed by atoms with Crippen LogP contribution in [0.15, 0.2) is 35.4 Å². The van der Waals surface area contributed by atoms with Gasteiger partial charge < -0.3 is 9.88 Å². The summed E-state index contributed by atoms with van der Waals surface area (Å²) in [5, 5.41) is 9.03. The summed E-state index contributed by atoms with van der Waals surface area (Å²) >= 11 is 6.04. The number of nitrogens with zero attached hydrogens (tertiary/aromatic N) is 6. The van der Waals surface area contributed by atoms with Crippen LogP contribution in [-0.2, 0) is 0 Å². The lowest BCUT2D eigenvalue weighted by Gasteiger charge is -2.33. The van der Waals surface area contributed by atoms with E-state index >= 15 is 0 Å². The number of H-pyrrole nitrogens is 1. The number of aryl methyl sites for hydroxylation is 1. The van der Waals surface area contributed by atoms with E-state index in [1.807, 2.05) is 34.2 Å². The molecule has 1 aliphatic rings. The lowest BCUT2D eigenvalue weighted by Crippen LogP contribution is -2.37. The van der Waals surface area contributed by atoms with Crippen LogP contribution in [-0.4, -0.2) is 42.2 Å². The van der Waals surface area contributed by atoms with E-state index in [1.165, 1.54) is 0 Å². The molecule has 0 amide bonds. The SMILES string of the molecule is Cc1nnc2c(N3CCC(n4c(=O)[nH]c5cc(Cl)ccc54)CC3)nccn12. The van der Waals surface area contributed by atoms with Crippen molar-refractivity contribution in [1.29, 1.82) is 0 Å². The van der Waals surface area contributed by atoms with Gasteiger partial charge in [0.1, 0.15) is 5.82 Å². The Hall–Kier alpha value is -2.87. The first-order chi connectivity index (χ1) is 13.1. The molecule has 0 bridgehead atoms. The van der Waals surface area contributed by atoms with Gasteiger partial charge in [0.05, 0.1) is 11.0 Å². The van der Waals surface area contributed by atoms with Crippen LogP contribution in [0.25, 0.3) is 16.7 Å². The predicted molar refractivity (Wildman–Crippen MR) is 104 cm³/mol. The summed E-state index contributed by atoms with van der Waals surface area (Å²) in [5.41, 5.74) is 2.36. The van der Waals surface area contributed by atoms with Gasteiger partial charge in [0.25, 0.3) is 0 Å². The van der Waals surface area contributed by atoms with Crippen molar-refractivity contribution in [2.75, 3.05) is 18.0 Å². The number of benzene rings is 1. The maximum atomic E-state index is 12.5. The Bertz CT molecular complexity index is 1200. The van der Waals surface area contributed by atoms with Crippen molar-refractivity contribution in [3.8, 4) is 0 Å². The van der Waals surface area contributed by atoms with Crippen LogP contribution in [0.4, 0.5) is 5.82 Å². The van der Waals surface area contributed by atoms with Crippen LogP contribution in [0.1, 0.15) is 24.7 Å². The quantitative estimate of drug-likeness (QED) is 0.575. The topological polar surface area (TPSA) is 84.1 Å². The smallest absolute Gasteiger partial charge is 0.326 e. The average Bonchev–Trinajstić information content (AvgIpc) is 3.21. The minimum atomic E-state index is -0.0842. The summed E-state index contributed by atoms with van der Waals surface area (Å²) in [4.78, 5) is 22.1. The molecule has 0 spiro atoms. The second-order valence-electron chi connectivity index (χ2n) is 6.87. The van der Waals surface area contributed by atoms with Crippen LogP contribution < -0.4 is 10.6 Å². The Morgan fingerprint density at radius 2 is 2.04 bits per heavy atom. The molecule has 8 nitrogen and oxygen atoms in total. The molecule has 27 heavy (non-hydrogen) atoms. The molecule has 0 aliphatic carbocycles. The number of aromatic nitrogens is 6. The number of rotatable bonds is 2. The van der Waals surface area contributed by atoms with E-state index in [1.54, 1.807) is 12.3 Å². The molecule has 1 saturated heterocycles. The number of aromatic amines is 1. The number of fused-ring (bicyclic) bond motifs is 2. The Morgan fingerprint density at radius 3 is 2.85 bits per heavy atom. The van der Waals surface area contributed by atoms with Gasteiger partial charge in [-0.25, -0.2) is 9.78 Å². The normalized spacial score (nSPS) is 15.9. The first kappa shape index (κ1) is 16.3. The van der Waals surface area contributed by atoms with E-state index in [2.05, 4.69) is 25.1 Å². The molecule has 1 N–H and O–H groups in total. The molecule has 9 heteroatoms. The van der Waals surface area contributed by atoms with Gasteiger partial charge in [-0.15, -0.1) is 10.2 Å². The Morgan fingerprint density at radius 1 is 1.22 bits per heavy atom. The van der Waals surface area contributed by atoms with E-state index in [4.69, 9.17) is 11.6 Å². The Kier molecular flexibility index (Phi) is 3.68. The monoisotopic (exact) mass is 383 g/mol. The zero-order chi connectivity index (χ0) is 18.5. The molecule has 0 atom stereocenters. The molecular formula is C18H18ClN7O. The highest BCUT2D eigenvalue weighted by Gasteiger charge is 2.26. The highest BCUT2D eigenvalue weighted by molar-refractivity contribution is 6.31. The van der Waals surface area contributed by atoms with Crippen molar-refractivity contribution in [2.24, 2.45) is 0 Å². The fraction of sp³-hybridized carbons (Fsp3) is 0.333. The van der Waals surface area contributed by atoms with Gasteiger partial charge in [-0.1, -0.05) is 11.6 Å². The maximum absolute atomic E-state index is 12.5. The van der Waals surface area contributed by atoms with Gasteiger partial charge in [0.2, 0.25) is 5.65 Å². The number of piperidine rings is 1. The van der Waals surface area contributed by atoms with Crippen molar-refractivity contribution < 1.29 is 0 Å². The zero-order valence-electron chi connectivity index (χ0n) is 14.8. The van der Waals surface area contributed by atoms with Crippen LogP contribution >= 0.6 is 11.6 Å². The van der Waals surface area contributed by atoms with Crippen molar-refractivity contribution >= 4 is 34.1 Å². The first-order valence-electron chi connectivity index (χ1n) is 8.93. The van der Waals surface area contributed by atoms with Gasteiger partial charge in [-0.2, -0.15) is 0 Å². The fourth-order valence-corrected chi connectivity index (χ4v) is 4.13. The van der Waals surface area contributed by atoms with E-state index in [0.717, 1.165) is 54.3 Å². The number of hydrogen-bond donors (Lipinski definition) is 1. The van der Waals surface area contributed by atoms with Crippen molar-refractivity contribution in [3.63, 3.8) is 0 Å². The number of halogens is 1. The summed E-state index contributed by atoms with van der Waals surface area (Å²) in [6.45, 7) is 3.53. The third-order valence-electron chi connectivity index (χ3n) is 5.29. The number of imidazole rings is 1. The highest BCUT2D eigenvalue weighted by atomic mass is 35.5. The second-order valence-corrected chi connectivity index (χ2v) is 7.31. The van der Waals surface area contributed by atoms with Gasteiger partial charge in [0, 0.05) is 36.5 Å². The fourth-order valence-electron chi connectivity index (χ4n) is 3.95. The molecule has 138 valence electrons. The molecule has 0 unspecified atom stereocenters. The second kappa shape index (κ2) is 6.09. The largest absolute Gasteiger partial charge is 0.353 e. The van der Waals surface area contributed by atoms with Crippen LogP contribution in [0.2, 0.25) is 5.02 Å². The molecule has 3 aromatic heterocycles. The predicted octanol–water partition coefficient (Wildman–Crippen LogP) is 2.57. The number of nitrogens with one attached hydrogen (secondary N) is 1. The van der Waals surface area contributed by atoms with E-state index in [0.29, 0.717) is 5.02 Å². The van der Waals surface area contributed by atoms with E-state index in [-0.39, 0.29) is 11.7 Å². The van der Waals surface area contributed by atoms with Crippen LogP contribution in [0.3, 0.4) is 0 Å². The molecule has 0 saturated carbocycles. The summed E-state index contributed by atoms with van der Waals surface area (Å²) in [6, 6.07) is 5.66. The van der Waals surface area contributed by atoms with Gasteiger partial charge in [-0.05, 0) is 38.0 Å². The lowest BCUT2D eigenvalue weighted by atomic mass is 10.0. The van der Waals surface area contributed by atoms with Gasteiger partial charge in [0.15, 0.2) is 5.82 Å². The molecular weight excluding hydrogens is 366 g/mol. The Labute approximate surface area is 159 Å². The van der Waals surface area contributed by atoms with Crippen LogP contribution in [0.5, 0.6) is 0 Å². The summed E-state index contributed by atoms with van der Waals surface area (Å²) in [7, 11) is 0. The molecule has 4 aromatic rings.